The minimum atomic E-state index is -0.504. The van der Waals surface area contributed by atoms with Crippen LogP contribution < -0.4 is 0 Å². The molecule has 1 amide bonds. The van der Waals surface area contributed by atoms with Crippen LogP contribution in [0.5, 0.6) is 0 Å². The molecule has 0 spiro atoms. The molecule has 0 radical (unpaired) electrons. The van der Waals surface area contributed by atoms with E-state index in [0.717, 1.165) is 25.9 Å². The first kappa shape index (κ1) is 14.5. The number of carbonyl (C=O) groups is 1. The van der Waals surface area contributed by atoms with E-state index in [2.05, 4.69) is 15.9 Å². The first-order valence-electron chi connectivity index (χ1n) is 6.40. The van der Waals surface area contributed by atoms with Gasteiger partial charge in [-0.15, -0.1) is 0 Å². The molecule has 3 nitrogen and oxygen atoms in total. The predicted molar refractivity (Wildman–Crippen MR) is 74.7 cm³/mol. The maximum Gasteiger partial charge on any atom is 0.256 e. The van der Waals surface area contributed by atoms with E-state index in [0.29, 0.717) is 11.0 Å². The Hall–Kier alpha value is -0.940. The number of ether oxygens (including phenoxy) is 1. The molecule has 1 fully saturated rings. The summed E-state index contributed by atoms with van der Waals surface area (Å²) in [5, 5.41) is 0. The highest BCUT2D eigenvalue weighted by Crippen LogP contribution is 2.18. The van der Waals surface area contributed by atoms with Gasteiger partial charge in [0, 0.05) is 24.7 Å². The van der Waals surface area contributed by atoms with Crippen LogP contribution in [0.3, 0.4) is 0 Å². The average Bonchev–Trinajstić information content (AvgIpc) is 2.39. The van der Waals surface area contributed by atoms with Crippen LogP contribution in [0.4, 0.5) is 4.39 Å². The van der Waals surface area contributed by atoms with Crippen molar-refractivity contribution in [3.05, 3.63) is 34.1 Å². The number of hydrogen-bond acceptors (Lipinski definition) is 2. The fraction of sp³-hybridized carbons (Fsp3) is 0.500. The molecule has 0 N–H and O–H groups in total. The largest absolute Gasteiger partial charge is 0.376 e. The van der Waals surface area contributed by atoms with Gasteiger partial charge in [0.1, 0.15) is 5.82 Å². The van der Waals surface area contributed by atoms with Crippen LogP contribution in [0.2, 0.25) is 0 Å². The van der Waals surface area contributed by atoms with Gasteiger partial charge in [0.2, 0.25) is 0 Å². The first-order valence-corrected chi connectivity index (χ1v) is 7.19. The van der Waals surface area contributed by atoms with Crippen molar-refractivity contribution in [2.75, 3.05) is 20.2 Å². The number of hydrogen-bond donors (Lipinski definition) is 0. The third-order valence-electron chi connectivity index (χ3n) is 3.26. The molecule has 0 aromatic heterocycles. The Morgan fingerprint density at radius 3 is 2.95 bits per heavy atom. The van der Waals surface area contributed by atoms with E-state index in [1.807, 2.05) is 0 Å². The molecule has 104 valence electrons. The molecule has 1 saturated heterocycles. The van der Waals surface area contributed by atoms with Gasteiger partial charge in [-0.1, -0.05) is 15.9 Å². The highest BCUT2D eigenvalue weighted by atomic mass is 79.9. The Bertz CT molecular complexity index is 461. The van der Waals surface area contributed by atoms with Gasteiger partial charge in [0.15, 0.2) is 0 Å². The highest BCUT2D eigenvalue weighted by Gasteiger charge is 2.21. The maximum atomic E-state index is 13.7. The lowest BCUT2D eigenvalue weighted by Gasteiger charge is -2.27. The van der Waals surface area contributed by atoms with Crippen LogP contribution in [-0.2, 0) is 4.74 Å². The van der Waals surface area contributed by atoms with Crippen LogP contribution in [0.1, 0.15) is 29.6 Å². The fourth-order valence-corrected chi connectivity index (χ4v) is 2.54. The zero-order valence-corrected chi connectivity index (χ0v) is 12.5. The summed E-state index contributed by atoms with van der Waals surface area (Å²) in [6.07, 6.45) is 3.23. The summed E-state index contributed by atoms with van der Waals surface area (Å²) in [5.74, 6) is -0.810. The summed E-state index contributed by atoms with van der Waals surface area (Å²) in [7, 11) is 1.68. The van der Waals surface area contributed by atoms with Crippen LogP contribution in [0, 0.1) is 5.82 Å². The summed E-state index contributed by atoms with van der Waals surface area (Å²) >= 11 is 3.18. The summed E-state index contributed by atoms with van der Waals surface area (Å²) < 4.78 is 19.9. The van der Waals surface area contributed by atoms with Crippen LogP contribution in [0.15, 0.2) is 22.7 Å². The topological polar surface area (TPSA) is 29.5 Å². The van der Waals surface area contributed by atoms with Gasteiger partial charge in [-0.3, -0.25) is 4.79 Å². The molecule has 1 aromatic carbocycles. The van der Waals surface area contributed by atoms with Gasteiger partial charge in [-0.25, -0.2) is 4.39 Å². The van der Waals surface area contributed by atoms with E-state index in [-0.39, 0.29) is 17.6 Å². The number of halogens is 2. The maximum absolute atomic E-state index is 13.7. The monoisotopic (exact) mass is 329 g/mol. The van der Waals surface area contributed by atoms with Crippen LogP contribution >= 0.6 is 15.9 Å². The summed E-state index contributed by atoms with van der Waals surface area (Å²) in [5.41, 5.74) is 0.0986. The van der Waals surface area contributed by atoms with Crippen molar-refractivity contribution in [1.82, 2.24) is 4.90 Å². The Morgan fingerprint density at radius 2 is 2.32 bits per heavy atom. The molecule has 1 aliphatic rings. The molecule has 0 aliphatic carbocycles. The molecule has 1 aliphatic heterocycles. The summed E-state index contributed by atoms with van der Waals surface area (Å²) in [6, 6.07) is 4.47. The van der Waals surface area contributed by atoms with E-state index in [4.69, 9.17) is 4.74 Å². The number of rotatable bonds is 3. The summed E-state index contributed by atoms with van der Waals surface area (Å²) in [4.78, 5) is 13.7. The number of nitrogens with zero attached hydrogens (tertiary/aromatic N) is 1. The smallest absolute Gasteiger partial charge is 0.256 e. The van der Waals surface area contributed by atoms with Crippen molar-refractivity contribution < 1.29 is 13.9 Å². The van der Waals surface area contributed by atoms with Crippen LogP contribution in [0.25, 0.3) is 0 Å². The molecule has 1 aromatic rings. The van der Waals surface area contributed by atoms with Crippen molar-refractivity contribution in [1.29, 1.82) is 0 Å². The van der Waals surface area contributed by atoms with E-state index in [9.17, 15) is 9.18 Å². The van der Waals surface area contributed by atoms with Crippen molar-refractivity contribution in [3.63, 3.8) is 0 Å². The molecule has 0 saturated carbocycles. The highest BCUT2D eigenvalue weighted by molar-refractivity contribution is 9.10. The van der Waals surface area contributed by atoms with Crippen molar-refractivity contribution in [3.8, 4) is 0 Å². The fourth-order valence-electron chi connectivity index (χ4n) is 2.21. The number of benzene rings is 1. The zero-order chi connectivity index (χ0) is 13.8. The van der Waals surface area contributed by atoms with Crippen molar-refractivity contribution in [2.45, 2.75) is 25.4 Å². The van der Waals surface area contributed by atoms with Gasteiger partial charge in [-0.05, 0) is 37.5 Å². The lowest BCUT2D eigenvalue weighted by atomic mass is 10.1. The van der Waals surface area contributed by atoms with E-state index < -0.39 is 5.82 Å². The molecule has 2 rings (SSSR count). The SMILES string of the molecule is CN(CC1CCCCO1)C(=O)c1ccc(Br)cc1F. The second-order valence-corrected chi connectivity index (χ2v) is 5.71. The molecule has 1 unspecified atom stereocenters. The van der Waals surface area contributed by atoms with E-state index in [1.165, 1.54) is 17.0 Å². The molecular weight excluding hydrogens is 313 g/mol. The van der Waals surface area contributed by atoms with Crippen molar-refractivity contribution >= 4 is 21.8 Å². The van der Waals surface area contributed by atoms with Gasteiger partial charge < -0.3 is 9.64 Å². The van der Waals surface area contributed by atoms with Gasteiger partial charge in [-0.2, -0.15) is 0 Å². The Labute approximate surface area is 120 Å². The van der Waals surface area contributed by atoms with Gasteiger partial charge >= 0.3 is 0 Å². The number of carbonyl (C=O) groups excluding carboxylic acids is 1. The molecule has 1 atom stereocenters. The predicted octanol–water partition coefficient (Wildman–Crippen LogP) is 3.23. The normalized spacial score (nSPS) is 19.2. The average molecular weight is 330 g/mol. The first-order chi connectivity index (χ1) is 9.08. The summed E-state index contributed by atoms with van der Waals surface area (Å²) in [6.45, 7) is 1.26. The number of amides is 1. The van der Waals surface area contributed by atoms with Gasteiger partial charge in [0.25, 0.3) is 5.91 Å². The zero-order valence-electron chi connectivity index (χ0n) is 10.9. The molecule has 5 heteroatoms. The van der Waals surface area contributed by atoms with E-state index >= 15 is 0 Å². The molecule has 19 heavy (non-hydrogen) atoms. The lowest BCUT2D eigenvalue weighted by molar-refractivity contribution is -0.000270. The lowest BCUT2D eigenvalue weighted by Crippen LogP contribution is -2.37. The quantitative estimate of drug-likeness (QED) is 0.852. The Kier molecular flexibility index (Phi) is 4.93. The second-order valence-electron chi connectivity index (χ2n) is 4.80. The number of likely N-dealkylation sites (N-methyl/N-ethyl adjacent to an activating group) is 1. The third kappa shape index (κ3) is 3.76. The van der Waals surface area contributed by atoms with E-state index in [1.54, 1.807) is 13.1 Å². The standard InChI is InChI=1S/C14H17BrFNO2/c1-17(9-11-4-2-3-7-19-11)14(18)12-6-5-10(15)8-13(12)16/h5-6,8,11H,2-4,7,9H2,1H3. The minimum Gasteiger partial charge on any atom is -0.376 e. The van der Waals surface area contributed by atoms with Crippen molar-refractivity contribution in [2.24, 2.45) is 0 Å². The minimum absolute atomic E-state index is 0.0706. The molecule has 0 bridgehead atoms. The second kappa shape index (κ2) is 6.48. The molecular formula is C14H17BrFNO2. The molecule has 1 heterocycles. The van der Waals surface area contributed by atoms with Crippen LogP contribution in [-0.4, -0.2) is 37.1 Å². The van der Waals surface area contributed by atoms with Gasteiger partial charge in [0.05, 0.1) is 11.7 Å². The Balaban J connectivity index is 2.01. The Morgan fingerprint density at radius 1 is 1.53 bits per heavy atom. The third-order valence-corrected chi connectivity index (χ3v) is 3.75.